The van der Waals surface area contributed by atoms with E-state index in [1.54, 1.807) is 6.20 Å². The first-order valence-corrected chi connectivity index (χ1v) is 5.14. The van der Waals surface area contributed by atoms with Crippen molar-refractivity contribution in [1.29, 1.82) is 0 Å². The third kappa shape index (κ3) is 1.65. The molecule has 5 nitrogen and oxygen atoms in total. The molecule has 0 bridgehead atoms. The van der Waals surface area contributed by atoms with Gasteiger partial charge >= 0.3 is 0 Å². The van der Waals surface area contributed by atoms with Gasteiger partial charge in [-0.15, -0.1) is 0 Å². The van der Waals surface area contributed by atoms with E-state index in [4.69, 9.17) is 4.52 Å². The number of aryl methyl sites for hydroxylation is 1. The van der Waals surface area contributed by atoms with E-state index in [1.165, 1.54) is 12.8 Å². The molecular weight excluding hydrogens is 192 g/mol. The molecule has 78 valence electrons. The molecule has 1 aliphatic carbocycles. The zero-order valence-electron chi connectivity index (χ0n) is 8.55. The van der Waals surface area contributed by atoms with E-state index in [0.717, 1.165) is 11.6 Å². The minimum absolute atomic E-state index is 0.518. The first kappa shape index (κ1) is 8.64. The number of hydrogen-bond acceptors (Lipinski definition) is 4. The largest absolute Gasteiger partial charge is 0.339 e. The molecule has 1 fully saturated rings. The van der Waals surface area contributed by atoms with Crippen LogP contribution < -0.4 is 0 Å². The van der Waals surface area contributed by atoms with Crippen LogP contribution in [0.25, 0.3) is 0 Å². The molecule has 3 rings (SSSR count). The molecule has 0 amide bonds. The molecule has 2 aromatic heterocycles. The molecule has 0 spiro atoms. The highest BCUT2D eigenvalue weighted by Gasteiger charge is 2.29. The van der Waals surface area contributed by atoms with Crippen LogP contribution in [-0.4, -0.2) is 19.9 Å². The number of nitrogens with zero attached hydrogens (tertiary/aromatic N) is 4. The van der Waals surface area contributed by atoms with Gasteiger partial charge < -0.3 is 4.52 Å². The van der Waals surface area contributed by atoms with Crippen molar-refractivity contribution >= 4 is 0 Å². The molecule has 0 aliphatic heterocycles. The fraction of sp³-hybridized carbons (Fsp3) is 0.500. The molecule has 0 N–H and O–H groups in total. The normalized spacial score (nSPS) is 15.8. The van der Waals surface area contributed by atoms with Gasteiger partial charge in [0.05, 0.1) is 0 Å². The summed E-state index contributed by atoms with van der Waals surface area (Å²) in [5, 5.41) is 8.12. The topological polar surface area (TPSA) is 56.7 Å². The first-order valence-electron chi connectivity index (χ1n) is 5.14. The zero-order valence-corrected chi connectivity index (χ0v) is 8.55. The molecule has 1 saturated carbocycles. The van der Waals surface area contributed by atoms with Crippen LogP contribution in [0, 0.1) is 6.92 Å². The average Bonchev–Trinajstić information content (AvgIpc) is 2.86. The quantitative estimate of drug-likeness (QED) is 0.760. The highest BCUT2D eigenvalue weighted by Crippen LogP contribution is 2.38. The molecule has 15 heavy (non-hydrogen) atoms. The summed E-state index contributed by atoms with van der Waals surface area (Å²) in [6, 6.07) is 1.96. The van der Waals surface area contributed by atoms with Gasteiger partial charge in [0.25, 0.3) is 0 Å². The van der Waals surface area contributed by atoms with E-state index in [1.807, 2.05) is 17.7 Å². The summed E-state index contributed by atoms with van der Waals surface area (Å²) in [4.78, 5) is 4.35. The van der Waals surface area contributed by atoms with Gasteiger partial charge in [-0.05, 0) is 25.8 Å². The van der Waals surface area contributed by atoms with Crippen LogP contribution >= 0.6 is 0 Å². The summed E-state index contributed by atoms with van der Waals surface area (Å²) in [5.74, 6) is 2.02. The molecule has 0 unspecified atom stereocenters. The van der Waals surface area contributed by atoms with E-state index < -0.39 is 0 Å². The lowest BCUT2D eigenvalue weighted by Gasteiger charge is -1.98. The van der Waals surface area contributed by atoms with Crippen LogP contribution in [0.2, 0.25) is 0 Å². The van der Waals surface area contributed by atoms with Crippen molar-refractivity contribution < 1.29 is 4.52 Å². The van der Waals surface area contributed by atoms with E-state index in [-0.39, 0.29) is 0 Å². The standard InChI is InChI=1S/C10H12N4O/c1-7-4-5-11-14(7)6-9-12-10(15-13-9)8-2-3-8/h4-5,8H,2-3,6H2,1H3. The van der Waals surface area contributed by atoms with E-state index in [9.17, 15) is 0 Å². The van der Waals surface area contributed by atoms with Crippen LogP contribution in [0.3, 0.4) is 0 Å². The fourth-order valence-corrected chi connectivity index (χ4v) is 1.53. The van der Waals surface area contributed by atoms with Crippen molar-refractivity contribution in [1.82, 2.24) is 19.9 Å². The summed E-state index contributed by atoms with van der Waals surface area (Å²) in [5.41, 5.74) is 1.10. The fourth-order valence-electron chi connectivity index (χ4n) is 1.53. The molecule has 0 atom stereocenters. The Morgan fingerprint density at radius 3 is 3.07 bits per heavy atom. The van der Waals surface area contributed by atoms with Crippen molar-refractivity contribution in [3.8, 4) is 0 Å². The molecule has 0 aromatic carbocycles. The van der Waals surface area contributed by atoms with E-state index >= 15 is 0 Å². The first-order chi connectivity index (χ1) is 7.33. The van der Waals surface area contributed by atoms with E-state index in [0.29, 0.717) is 18.3 Å². The minimum Gasteiger partial charge on any atom is -0.339 e. The number of hydrogen-bond donors (Lipinski definition) is 0. The summed E-state index contributed by atoms with van der Waals surface area (Å²) < 4.78 is 7.04. The molecule has 1 aliphatic rings. The highest BCUT2D eigenvalue weighted by atomic mass is 16.5. The van der Waals surface area contributed by atoms with Crippen molar-refractivity contribution in [3.63, 3.8) is 0 Å². The molecule has 5 heteroatoms. The van der Waals surface area contributed by atoms with Crippen LogP contribution in [-0.2, 0) is 6.54 Å². The third-order valence-electron chi connectivity index (χ3n) is 2.63. The van der Waals surface area contributed by atoms with Crippen LogP contribution in [0.15, 0.2) is 16.8 Å². The second kappa shape index (κ2) is 3.18. The van der Waals surface area contributed by atoms with Crippen LogP contribution in [0.1, 0.15) is 36.2 Å². The van der Waals surface area contributed by atoms with Crippen molar-refractivity contribution in [2.75, 3.05) is 0 Å². The Morgan fingerprint density at radius 1 is 1.53 bits per heavy atom. The summed E-state index contributed by atoms with van der Waals surface area (Å²) in [6.45, 7) is 2.60. The van der Waals surface area contributed by atoms with Crippen molar-refractivity contribution in [2.24, 2.45) is 0 Å². The highest BCUT2D eigenvalue weighted by molar-refractivity contribution is 5.03. The second-order valence-electron chi connectivity index (χ2n) is 3.95. The van der Waals surface area contributed by atoms with Gasteiger partial charge in [0.2, 0.25) is 5.89 Å². The predicted octanol–water partition coefficient (Wildman–Crippen LogP) is 1.50. The van der Waals surface area contributed by atoms with Gasteiger partial charge in [0.1, 0.15) is 6.54 Å². The van der Waals surface area contributed by atoms with Crippen LogP contribution in [0.5, 0.6) is 0 Å². The maximum absolute atomic E-state index is 5.17. The minimum atomic E-state index is 0.518. The zero-order chi connectivity index (χ0) is 10.3. The smallest absolute Gasteiger partial charge is 0.229 e. The van der Waals surface area contributed by atoms with E-state index in [2.05, 4.69) is 15.2 Å². The predicted molar refractivity (Wildman–Crippen MR) is 52.3 cm³/mol. The summed E-state index contributed by atoms with van der Waals surface area (Å²) >= 11 is 0. The Balaban J connectivity index is 1.79. The second-order valence-corrected chi connectivity index (χ2v) is 3.95. The van der Waals surface area contributed by atoms with Crippen molar-refractivity contribution in [3.05, 3.63) is 29.7 Å². The van der Waals surface area contributed by atoms with Crippen LogP contribution in [0.4, 0.5) is 0 Å². The lowest BCUT2D eigenvalue weighted by molar-refractivity contribution is 0.372. The maximum atomic E-state index is 5.17. The van der Waals surface area contributed by atoms with Gasteiger partial charge in [0.15, 0.2) is 5.82 Å². The SMILES string of the molecule is Cc1ccnn1Cc1noc(C2CC2)n1. The average molecular weight is 204 g/mol. The van der Waals surface area contributed by atoms with Gasteiger partial charge in [-0.1, -0.05) is 5.16 Å². The van der Waals surface area contributed by atoms with Gasteiger partial charge in [-0.3, -0.25) is 4.68 Å². The van der Waals surface area contributed by atoms with Gasteiger partial charge in [0, 0.05) is 17.8 Å². The number of aromatic nitrogens is 4. The maximum Gasteiger partial charge on any atom is 0.229 e. The molecule has 0 radical (unpaired) electrons. The third-order valence-corrected chi connectivity index (χ3v) is 2.63. The molecule has 2 aromatic rings. The Bertz CT molecular complexity index is 469. The Morgan fingerprint density at radius 2 is 2.40 bits per heavy atom. The lowest BCUT2D eigenvalue weighted by atomic mass is 10.4. The Kier molecular flexibility index (Phi) is 1.83. The Hall–Kier alpha value is -1.65. The Labute approximate surface area is 87.1 Å². The van der Waals surface area contributed by atoms with Gasteiger partial charge in [-0.25, -0.2) is 0 Å². The molecule has 2 heterocycles. The summed E-state index contributed by atoms with van der Waals surface area (Å²) in [7, 11) is 0. The van der Waals surface area contributed by atoms with Gasteiger partial charge in [-0.2, -0.15) is 10.1 Å². The summed E-state index contributed by atoms with van der Waals surface area (Å²) in [6.07, 6.45) is 4.14. The molecule has 0 saturated heterocycles. The molecular formula is C10H12N4O. The number of rotatable bonds is 3. The lowest BCUT2D eigenvalue weighted by Crippen LogP contribution is -2.04. The monoisotopic (exact) mass is 204 g/mol. The van der Waals surface area contributed by atoms with Crippen molar-refractivity contribution in [2.45, 2.75) is 32.2 Å².